The van der Waals surface area contributed by atoms with Crippen LogP contribution in [0.5, 0.6) is 11.5 Å². The van der Waals surface area contributed by atoms with E-state index >= 15 is 0 Å². The van der Waals surface area contributed by atoms with Crippen molar-refractivity contribution < 1.29 is 42.9 Å². The van der Waals surface area contributed by atoms with Crippen LogP contribution in [0.1, 0.15) is 98.5 Å². The maximum atomic E-state index is 12.5. The maximum Gasteiger partial charge on any atom is 0.508 e. The Hall–Kier alpha value is -3.14. The van der Waals surface area contributed by atoms with Crippen LogP contribution < -0.4 is 15.2 Å². The zero-order valence-electron chi connectivity index (χ0n) is 24.9. The minimum absolute atomic E-state index is 0.0765. The Morgan fingerprint density at radius 2 is 1.38 bits per heavy atom. The molecular formula is C30H47NO9. The third-order valence-electron chi connectivity index (χ3n) is 6.16. The van der Waals surface area contributed by atoms with E-state index in [4.69, 9.17) is 29.4 Å². The van der Waals surface area contributed by atoms with Crippen molar-refractivity contribution >= 4 is 24.1 Å². The van der Waals surface area contributed by atoms with Crippen LogP contribution in [0.15, 0.2) is 18.2 Å². The van der Waals surface area contributed by atoms with Crippen molar-refractivity contribution in [1.82, 2.24) is 0 Å². The summed E-state index contributed by atoms with van der Waals surface area (Å²) in [4.78, 5) is 49.0. The van der Waals surface area contributed by atoms with Crippen molar-refractivity contribution in [3.8, 4) is 11.5 Å². The number of unbranched alkanes of at least 4 members (excludes halogenated alkanes) is 4. The van der Waals surface area contributed by atoms with E-state index in [1.165, 1.54) is 12.1 Å². The standard InChI is InChI=1S/C30H47NO9/c1-7-9-11-13-27(32)39-25-16-15-23(18-26(25)40-28(33)14-12-10-8-2)17-24(31)29(34)36-19-21(5)37-30(35)38-22(6)20(3)4/h15-16,18,20-22,24H,7-14,17,19,31H2,1-6H3/t21-,22?,24-/m0/s1. The van der Waals surface area contributed by atoms with Gasteiger partial charge in [-0.3, -0.25) is 14.4 Å². The Morgan fingerprint density at radius 3 is 1.93 bits per heavy atom. The Kier molecular flexibility index (Phi) is 16.6. The molecule has 0 bridgehead atoms. The van der Waals surface area contributed by atoms with Gasteiger partial charge in [0.05, 0.1) is 0 Å². The summed E-state index contributed by atoms with van der Waals surface area (Å²) in [5.74, 6) is -1.18. The van der Waals surface area contributed by atoms with Crippen molar-refractivity contribution in [3.63, 3.8) is 0 Å². The van der Waals surface area contributed by atoms with Gasteiger partial charge in [0, 0.05) is 12.8 Å². The smallest absolute Gasteiger partial charge is 0.461 e. The lowest BCUT2D eigenvalue weighted by atomic mass is 10.1. The molecule has 0 amide bonds. The van der Waals surface area contributed by atoms with Crippen molar-refractivity contribution in [3.05, 3.63) is 23.8 Å². The zero-order valence-corrected chi connectivity index (χ0v) is 24.9. The summed E-state index contributed by atoms with van der Waals surface area (Å²) >= 11 is 0. The first-order chi connectivity index (χ1) is 19.0. The third-order valence-corrected chi connectivity index (χ3v) is 6.16. The first-order valence-corrected chi connectivity index (χ1v) is 14.3. The van der Waals surface area contributed by atoms with Crippen LogP contribution in [0.2, 0.25) is 0 Å². The Labute approximate surface area is 238 Å². The Bertz CT molecular complexity index is 947. The predicted molar refractivity (Wildman–Crippen MR) is 150 cm³/mol. The van der Waals surface area contributed by atoms with E-state index in [-0.39, 0.29) is 49.4 Å². The van der Waals surface area contributed by atoms with Crippen LogP contribution in [-0.2, 0) is 35.0 Å². The lowest BCUT2D eigenvalue weighted by molar-refractivity contribution is -0.148. The summed E-state index contributed by atoms with van der Waals surface area (Å²) in [7, 11) is 0. The summed E-state index contributed by atoms with van der Waals surface area (Å²) in [6, 6.07) is 3.68. The van der Waals surface area contributed by atoms with Crippen molar-refractivity contribution in [2.45, 2.75) is 118 Å². The number of hydrogen-bond acceptors (Lipinski definition) is 10. The van der Waals surface area contributed by atoms with E-state index in [0.29, 0.717) is 18.4 Å². The number of carbonyl (C=O) groups is 4. The molecule has 0 saturated heterocycles. The van der Waals surface area contributed by atoms with E-state index in [0.717, 1.165) is 25.7 Å². The Morgan fingerprint density at radius 1 is 0.800 bits per heavy atom. The maximum absolute atomic E-state index is 12.5. The van der Waals surface area contributed by atoms with E-state index < -0.39 is 36.2 Å². The largest absolute Gasteiger partial charge is 0.508 e. The summed E-state index contributed by atoms with van der Waals surface area (Å²) in [6.07, 6.45) is 3.83. The molecule has 10 heteroatoms. The van der Waals surface area contributed by atoms with Gasteiger partial charge in [0.15, 0.2) is 11.5 Å². The fourth-order valence-electron chi connectivity index (χ4n) is 3.39. The molecule has 10 nitrogen and oxygen atoms in total. The quantitative estimate of drug-likeness (QED) is 0.135. The molecule has 0 aliphatic heterocycles. The number of benzene rings is 1. The van der Waals surface area contributed by atoms with Gasteiger partial charge < -0.3 is 29.4 Å². The molecular weight excluding hydrogens is 518 g/mol. The molecule has 1 unspecified atom stereocenters. The molecule has 1 aromatic rings. The normalized spacial score (nSPS) is 13.2. The first-order valence-electron chi connectivity index (χ1n) is 14.3. The summed E-state index contributed by atoms with van der Waals surface area (Å²) < 4.78 is 26.5. The van der Waals surface area contributed by atoms with Gasteiger partial charge >= 0.3 is 24.1 Å². The predicted octanol–water partition coefficient (Wildman–Crippen LogP) is 5.66. The minimum Gasteiger partial charge on any atom is -0.461 e. The van der Waals surface area contributed by atoms with Crippen LogP contribution in [0.25, 0.3) is 0 Å². The summed E-state index contributed by atoms with van der Waals surface area (Å²) in [6.45, 7) is 11.1. The van der Waals surface area contributed by atoms with Gasteiger partial charge in [-0.25, -0.2) is 4.79 Å². The van der Waals surface area contributed by atoms with Crippen LogP contribution in [0, 0.1) is 5.92 Å². The summed E-state index contributed by atoms with van der Waals surface area (Å²) in [5.41, 5.74) is 6.64. The molecule has 3 atom stereocenters. The van der Waals surface area contributed by atoms with Gasteiger partial charge in [-0.05, 0) is 56.7 Å². The van der Waals surface area contributed by atoms with Gasteiger partial charge in [-0.15, -0.1) is 0 Å². The fraction of sp³-hybridized carbons (Fsp3) is 0.667. The van der Waals surface area contributed by atoms with E-state index in [2.05, 4.69) is 0 Å². The number of rotatable bonds is 18. The van der Waals surface area contributed by atoms with Gasteiger partial charge in [-0.2, -0.15) is 0 Å². The lowest BCUT2D eigenvalue weighted by Crippen LogP contribution is -2.36. The summed E-state index contributed by atoms with van der Waals surface area (Å²) in [5, 5.41) is 0. The first kappa shape index (κ1) is 34.9. The molecule has 0 aliphatic rings. The molecule has 0 radical (unpaired) electrons. The highest BCUT2D eigenvalue weighted by atomic mass is 16.7. The van der Waals surface area contributed by atoms with Crippen molar-refractivity contribution in [1.29, 1.82) is 0 Å². The second-order valence-corrected chi connectivity index (χ2v) is 10.3. The van der Waals surface area contributed by atoms with Gasteiger partial charge in [0.1, 0.15) is 24.9 Å². The lowest BCUT2D eigenvalue weighted by Gasteiger charge is -2.19. The highest BCUT2D eigenvalue weighted by Gasteiger charge is 2.22. The van der Waals surface area contributed by atoms with Crippen molar-refractivity contribution in [2.75, 3.05) is 6.61 Å². The molecule has 2 N–H and O–H groups in total. The van der Waals surface area contributed by atoms with Crippen molar-refractivity contribution in [2.24, 2.45) is 11.7 Å². The number of hydrogen-bond donors (Lipinski definition) is 1. The fourth-order valence-corrected chi connectivity index (χ4v) is 3.39. The minimum atomic E-state index is -1.03. The third kappa shape index (κ3) is 14.3. The molecule has 0 saturated carbocycles. The SMILES string of the molecule is CCCCCC(=O)Oc1ccc(C[C@H](N)C(=O)OC[C@H](C)OC(=O)OC(C)C(C)C)cc1OC(=O)CCCCC. The second kappa shape index (κ2) is 19.0. The van der Waals surface area contributed by atoms with Gasteiger partial charge in [-0.1, -0.05) is 59.4 Å². The molecule has 226 valence electrons. The Balaban J connectivity index is 2.79. The van der Waals surface area contributed by atoms with E-state index in [1.807, 2.05) is 27.7 Å². The topological polar surface area (TPSA) is 140 Å². The van der Waals surface area contributed by atoms with Crippen LogP contribution in [-0.4, -0.2) is 48.9 Å². The monoisotopic (exact) mass is 565 g/mol. The van der Waals surface area contributed by atoms with E-state index in [1.54, 1.807) is 19.9 Å². The highest BCUT2D eigenvalue weighted by molar-refractivity contribution is 5.77. The van der Waals surface area contributed by atoms with Crippen LogP contribution in [0.4, 0.5) is 4.79 Å². The average Bonchev–Trinajstić information content (AvgIpc) is 2.88. The molecule has 0 fully saturated rings. The second-order valence-electron chi connectivity index (χ2n) is 10.3. The van der Waals surface area contributed by atoms with Crippen LogP contribution in [0.3, 0.4) is 0 Å². The van der Waals surface area contributed by atoms with Gasteiger partial charge in [0.25, 0.3) is 0 Å². The van der Waals surface area contributed by atoms with E-state index in [9.17, 15) is 19.2 Å². The molecule has 1 rings (SSSR count). The molecule has 40 heavy (non-hydrogen) atoms. The molecule has 1 aromatic carbocycles. The van der Waals surface area contributed by atoms with Gasteiger partial charge in [0.2, 0.25) is 0 Å². The zero-order chi connectivity index (χ0) is 30.1. The number of ether oxygens (including phenoxy) is 5. The van der Waals surface area contributed by atoms with Crippen LogP contribution >= 0.6 is 0 Å². The molecule has 0 spiro atoms. The number of esters is 3. The average molecular weight is 566 g/mol. The highest BCUT2D eigenvalue weighted by Crippen LogP contribution is 2.30. The molecule has 0 heterocycles. The molecule has 0 aliphatic carbocycles. The number of carbonyl (C=O) groups excluding carboxylic acids is 4. The number of nitrogens with two attached hydrogens (primary N) is 1. The molecule has 0 aromatic heterocycles.